The lowest BCUT2D eigenvalue weighted by atomic mass is 10.0. The summed E-state index contributed by atoms with van der Waals surface area (Å²) in [7, 11) is 0. The van der Waals surface area contributed by atoms with E-state index in [1.807, 2.05) is 17.0 Å². The van der Waals surface area contributed by atoms with Gasteiger partial charge in [-0.15, -0.1) is 5.10 Å². The Morgan fingerprint density at radius 2 is 1.96 bits per heavy atom. The maximum absolute atomic E-state index is 10.8. The Kier molecular flexibility index (Phi) is 4.52. The van der Waals surface area contributed by atoms with Crippen LogP contribution in [-0.4, -0.2) is 58.9 Å². The number of carboxylic acid groups (broad SMARTS) is 1. The molecule has 3 rings (SSSR count). The third-order valence-corrected chi connectivity index (χ3v) is 4.15. The van der Waals surface area contributed by atoms with E-state index in [4.69, 9.17) is 5.11 Å². The van der Waals surface area contributed by atoms with Crippen molar-refractivity contribution in [2.75, 3.05) is 37.6 Å². The van der Waals surface area contributed by atoms with Gasteiger partial charge >= 0.3 is 5.97 Å². The van der Waals surface area contributed by atoms with Gasteiger partial charge in [0.05, 0.1) is 12.7 Å². The van der Waals surface area contributed by atoms with Crippen LogP contribution < -0.4 is 4.90 Å². The topological polar surface area (TPSA) is 69.6 Å². The number of carbonyl (C=O) groups is 1. The summed E-state index contributed by atoms with van der Waals surface area (Å²) in [4.78, 5) is 14.9. The molecule has 1 aliphatic heterocycles. The molecule has 1 aromatic heterocycles. The molecule has 0 atom stereocenters. The van der Waals surface area contributed by atoms with Gasteiger partial charge in [0.15, 0.2) is 5.82 Å². The smallest absolute Gasteiger partial charge is 0.317 e. The SMILES string of the molecule is Cc1ccccc1-c1cnnc(N2CCN(CC(=O)O)CC2)c1. The first-order valence-electron chi connectivity index (χ1n) is 7.71. The third-order valence-electron chi connectivity index (χ3n) is 4.15. The van der Waals surface area contributed by atoms with Crippen molar-refractivity contribution >= 4 is 11.8 Å². The molecular formula is C17H20N4O2. The zero-order valence-electron chi connectivity index (χ0n) is 13.1. The van der Waals surface area contributed by atoms with Gasteiger partial charge in [0.2, 0.25) is 0 Å². The number of aromatic nitrogens is 2. The number of piperazine rings is 1. The number of anilines is 1. The maximum Gasteiger partial charge on any atom is 0.317 e. The molecule has 0 bridgehead atoms. The van der Waals surface area contributed by atoms with E-state index in [9.17, 15) is 4.79 Å². The quantitative estimate of drug-likeness (QED) is 0.926. The van der Waals surface area contributed by atoms with E-state index in [0.717, 1.165) is 43.1 Å². The van der Waals surface area contributed by atoms with Crippen LogP contribution in [0.1, 0.15) is 5.56 Å². The normalized spacial score (nSPS) is 15.6. The second-order valence-corrected chi connectivity index (χ2v) is 5.77. The van der Waals surface area contributed by atoms with Crippen LogP contribution in [0.15, 0.2) is 36.5 Å². The molecule has 0 spiro atoms. The van der Waals surface area contributed by atoms with Gasteiger partial charge in [-0.05, 0) is 24.1 Å². The third kappa shape index (κ3) is 3.65. The van der Waals surface area contributed by atoms with Crippen molar-refractivity contribution in [1.82, 2.24) is 15.1 Å². The molecule has 2 heterocycles. The number of hydrogen-bond donors (Lipinski definition) is 1. The number of aliphatic carboxylic acids is 1. The number of benzene rings is 1. The molecule has 0 saturated carbocycles. The lowest BCUT2D eigenvalue weighted by molar-refractivity contribution is -0.138. The highest BCUT2D eigenvalue weighted by Crippen LogP contribution is 2.25. The minimum atomic E-state index is -0.778. The van der Waals surface area contributed by atoms with E-state index < -0.39 is 5.97 Å². The number of nitrogens with zero attached hydrogens (tertiary/aromatic N) is 4. The molecule has 0 aliphatic carbocycles. The van der Waals surface area contributed by atoms with Crippen LogP contribution in [0.4, 0.5) is 5.82 Å². The van der Waals surface area contributed by atoms with Crippen LogP contribution in [0.25, 0.3) is 11.1 Å². The van der Waals surface area contributed by atoms with Crippen molar-refractivity contribution in [1.29, 1.82) is 0 Å². The van der Waals surface area contributed by atoms with Crippen LogP contribution in [0.5, 0.6) is 0 Å². The summed E-state index contributed by atoms with van der Waals surface area (Å²) in [6, 6.07) is 10.3. The monoisotopic (exact) mass is 312 g/mol. The molecule has 6 heteroatoms. The number of aryl methyl sites for hydroxylation is 1. The fourth-order valence-corrected chi connectivity index (χ4v) is 2.88. The van der Waals surface area contributed by atoms with Crippen molar-refractivity contribution in [3.8, 4) is 11.1 Å². The second kappa shape index (κ2) is 6.75. The zero-order valence-corrected chi connectivity index (χ0v) is 13.1. The number of carboxylic acids is 1. The van der Waals surface area contributed by atoms with Crippen molar-refractivity contribution in [2.45, 2.75) is 6.92 Å². The van der Waals surface area contributed by atoms with E-state index >= 15 is 0 Å². The highest BCUT2D eigenvalue weighted by atomic mass is 16.4. The van der Waals surface area contributed by atoms with E-state index in [-0.39, 0.29) is 6.54 Å². The van der Waals surface area contributed by atoms with Gasteiger partial charge in [0.25, 0.3) is 0 Å². The Balaban J connectivity index is 1.74. The Labute approximate surface area is 135 Å². The molecule has 0 unspecified atom stereocenters. The van der Waals surface area contributed by atoms with Crippen molar-refractivity contribution in [3.63, 3.8) is 0 Å². The molecule has 2 aromatic rings. The first kappa shape index (κ1) is 15.4. The van der Waals surface area contributed by atoms with Crippen molar-refractivity contribution < 1.29 is 9.90 Å². The average molecular weight is 312 g/mol. The summed E-state index contributed by atoms with van der Waals surface area (Å²) in [5.74, 6) is 0.0699. The van der Waals surface area contributed by atoms with Gasteiger partial charge in [-0.3, -0.25) is 9.69 Å². The summed E-state index contributed by atoms with van der Waals surface area (Å²) in [5, 5.41) is 17.3. The number of rotatable bonds is 4. The summed E-state index contributed by atoms with van der Waals surface area (Å²) < 4.78 is 0. The molecule has 1 fully saturated rings. The summed E-state index contributed by atoms with van der Waals surface area (Å²) in [6.45, 7) is 5.16. The molecular weight excluding hydrogens is 292 g/mol. The van der Waals surface area contributed by atoms with Gasteiger partial charge in [-0.2, -0.15) is 5.10 Å². The Hall–Kier alpha value is -2.47. The van der Waals surface area contributed by atoms with E-state index in [0.29, 0.717) is 0 Å². The van der Waals surface area contributed by atoms with Crippen LogP contribution in [0.2, 0.25) is 0 Å². The van der Waals surface area contributed by atoms with Gasteiger partial charge in [0.1, 0.15) is 0 Å². The predicted molar refractivity (Wildman–Crippen MR) is 88.5 cm³/mol. The van der Waals surface area contributed by atoms with Gasteiger partial charge < -0.3 is 10.0 Å². The molecule has 1 aromatic carbocycles. The fraction of sp³-hybridized carbons (Fsp3) is 0.353. The lowest BCUT2D eigenvalue weighted by Crippen LogP contribution is -2.48. The summed E-state index contributed by atoms with van der Waals surface area (Å²) in [6.07, 6.45) is 1.78. The fourth-order valence-electron chi connectivity index (χ4n) is 2.88. The minimum absolute atomic E-state index is 0.1000. The Bertz CT molecular complexity index is 696. The average Bonchev–Trinajstić information content (AvgIpc) is 2.55. The van der Waals surface area contributed by atoms with Gasteiger partial charge in [-0.25, -0.2) is 0 Å². The van der Waals surface area contributed by atoms with Crippen LogP contribution in [0.3, 0.4) is 0 Å². The first-order chi connectivity index (χ1) is 11.1. The molecule has 23 heavy (non-hydrogen) atoms. The Morgan fingerprint density at radius 3 is 2.65 bits per heavy atom. The first-order valence-corrected chi connectivity index (χ1v) is 7.71. The van der Waals surface area contributed by atoms with E-state index in [2.05, 4.69) is 40.2 Å². The van der Waals surface area contributed by atoms with E-state index in [1.54, 1.807) is 6.20 Å². The predicted octanol–water partition coefficient (Wildman–Crippen LogP) is 1.66. The van der Waals surface area contributed by atoms with Crippen LogP contribution in [-0.2, 0) is 4.79 Å². The van der Waals surface area contributed by atoms with Gasteiger partial charge in [0, 0.05) is 31.7 Å². The maximum atomic E-state index is 10.8. The van der Waals surface area contributed by atoms with Crippen molar-refractivity contribution in [3.05, 3.63) is 42.1 Å². The molecule has 0 amide bonds. The largest absolute Gasteiger partial charge is 0.480 e. The highest BCUT2D eigenvalue weighted by Gasteiger charge is 2.20. The highest BCUT2D eigenvalue weighted by molar-refractivity contribution is 5.69. The minimum Gasteiger partial charge on any atom is -0.480 e. The lowest BCUT2D eigenvalue weighted by Gasteiger charge is -2.34. The standard InChI is InChI=1S/C17H20N4O2/c1-13-4-2-3-5-15(13)14-10-16(19-18-11-14)21-8-6-20(7-9-21)12-17(22)23/h2-5,10-11H,6-9,12H2,1H3,(H,22,23). The molecule has 6 nitrogen and oxygen atoms in total. The van der Waals surface area contributed by atoms with Crippen LogP contribution >= 0.6 is 0 Å². The number of hydrogen-bond acceptors (Lipinski definition) is 5. The zero-order chi connectivity index (χ0) is 16.2. The molecule has 120 valence electrons. The van der Waals surface area contributed by atoms with E-state index in [1.165, 1.54) is 5.56 Å². The van der Waals surface area contributed by atoms with Crippen molar-refractivity contribution in [2.24, 2.45) is 0 Å². The summed E-state index contributed by atoms with van der Waals surface area (Å²) in [5.41, 5.74) is 3.42. The molecule has 1 N–H and O–H groups in total. The summed E-state index contributed by atoms with van der Waals surface area (Å²) >= 11 is 0. The molecule has 1 aliphatic rings. The van der Waals surface area contributed by atoms with Gasteiger partial charge in [-0.1, -0.05) is 24.3 Å². The second-order valence-electron chi connectivity index (χ2n) is 5.77. The molecule has 0 radical (unpaired) electrons. The Morgan fingerprint density at radius 1 is 1.22 bits per heavy atom. The van der Waals surface area contributed by atoms with Crippen LogP contribution in [0, 0.1) is 6.92 Å². The molecule has 1 saturated heterocycles.